The fourth-order valence-electron chi connectivity index (χ4n) is 4.61. The molecule has 10 nitrogen and oxygen atoms in total. The maximum atomic E-state index is 13.0. The highest BCUT2D eigenvalue weighted by atomic mass is 16.5. The first-order valence-electron chi connectivity index (χ1n) is 11.9. The molecule has 0 unspecified atom stereocenters. The van der Waals surface area contributed by atoms with Crippen LogP contribution in [0.4, 0.5) is 0 Å². The molecule has 2 atom stereocenters. The second-order valence-corrected chi connectivity index (χ2v) is 8.65. The van der Waals surface area contributed by atoms with Crippen molar-refractivity contribution in [2.45, 2.75) is 65.3 Å². The van der Waals surface area contributed by atoms with Crippen molar-refractivity contribution in [3.63, 3.8) is 0 Å². The minimum atomic E-state index is -0.391. The zero-order valence-corrected chi connectivity index (χ0v) is 20.0. The summed E-state index contributed by atoms with van der Waals surface area (Å²) in [5.74, 6) is 0.180. The van der Waals surface area contributed by atoms with Crippen LogP contribution in [-0.4, -0.2) is 61.9 Å². The van der Waals surface area contributed by atoms with E-state index in [1.54, 1.807) is 6.92 Å². The Balaban J connectivity index is 1.67. The van der Waals surface area contributed by atoms with Gasteiger partial charge in [0, 0.05) is 25.3 Å². The Bertz CT molecular complexity index is 1180. The van der Waals surface area contributed by atoms with E-state index in [4.69, 9.17) is 9.47 Å². The number of nitrogens with zero attached hydrogens (tertiary/aromatic N) is 5. The fraction of sp³-hybridized carbons (Fsp3) is 0.542. The van der Waals surface area contributed by atoms with Crippen LogP contribution in [0.2, 0.25) is 0 Å². The lowest BCUT2D eigenvalue weighted by Crippen LogP contribution is -2.38. The molecule has 0 aliphatic carbocycles. The number of hydrogen-bond acceptors (Lipinski definition) is 8. The molecular weight excluding hydrogens is 436 g/mol. The summed E-state index contributed by atoms with van der Waals surface area (Å²) in [6, 6.07) is 7.73. The number of hydrogen-bond donors (Lipinski definition) is 1. The third kappa shape index (κ3) is 5.34. The molecule has 3 aromatic rings. The number of aromatic amines is 1. The Morgan fingerprint density at radius 2 is 2.24 bits per heavy atom. The third-order valence-electron chi connectivity index (χ3n) is 6.27. The van der Waals surface area contributed by atoms with Gasteiger partial charge in [-0.15, -0.1) is 5.10 Å². The molecule has 10 heteroatoms. The van der Waals surface area contributed by atoms with Crippen molar-refractivity contribution in [3.8, 4) is 0 Å². The van der Waals surface area contributed by atoms with Gasteiger partial charge in [0.05, 0.1) is 24.3 Å². The van der Waals surface area contributed by atoms with Crippen molar-refractivity contribution >= 4 is 16.9 Å². The Morgan fingerprint density at radius 1 is 1.38 bits per heavy atom. The molecule has 0 saturated carbocycles. The van der Waals surface area contributed by atoms with E-state index in [1.807, 2.05) is 38.1 Å². The number of carbonyl (C=O) groups is 1. The summed E-state index contributed by atoms with van der Waals surface area (Å²) in [7, 11) is 0. The van der Waals surface area contributed by atoms with Gasteiger partial charge in [-0.3, -0.25) is 14.5 Å². The van der Waals surface area contributed by atoms with Gasteiger partial charge in [0.2, 0.25) is 0 Å². The lowest BCUT2D eigenvalue weighted by molar-refractivity contribution is -0.144. The first-order valence-corrected chi connectivity index (χ1v) is 11.9. The van der Waals surface area contributed by atoms with Crippen molar-refractivity contribution < 1.29 is 14.3 Å². The van der Waals surface area contributed by atoms with E-state index >= 15 is 0 Å². The number of aromatic nitrogens is 5. The van der Waals surface area contributed by atoms with Crippen LogP contribution in [0.1, 0.15) is 56.1 Å². The van der Waals surface area contributed by atoms with Gasteiger partial charge in [0.15, 0.2) is 5.82 Å². The molecule has 4 rings (SSSR count). The number of H-pyrrole nitrogens is 1. The summed E-state index contributed by atoms with van der Waals surface area (Å²) in [6.45, 7) is 7.81. The van der Waals surface area contributed by atoms with Crippen LogP contribution in [0.25, 0.3) is 10.9 Å². The zero-order valence-electron chi connectivity index (χ0n) is 20.0. The van der Waals surface area contributed by atoms with Gasteiger partial charge in [0.1, 0.15) is 6.54 Å². The van der Waals surface area contributed by atoms with Crippen molar-refractivity contribution in [1.29, 1.82) is 0 Å². The summed E-state index contributed by atoms with van der Waals surface area (Å²) in [4.78, 5) is 30.4. The topological polar surface area (TPSA) is 115 Å². The van der Waals surface area contributed by atoms with Gasteiger partial charge >= 0.3 is 5.97 Å². The molecule has 0 radical (unpaired) electrons. The number of benzene rings is 1. The molecule has 1 aromatic carbocycles. The van der Waals surface area contributed by atoms with Crippen LogP contribution in [0.3, 0.4) is 0 Å². The minimum absolute atomic E-state index is 0.0592. The number of tetrazole rings is 1. The van der Waals surface area contributed by atoms with E-state index in [0.29, 0.717) is 37.5 Å². The molecule has 1 N–H and O–H groups in total. The molecule has 0 spiro atoms. The van der Waals surface area contributed by atoms with Gasteiger partial charge in [-0.25, -0.2) is 4.68 Å². The van der Waals surface area contributed by atoms with Crippen molar-refractivity contribution in [1.82, 2.24) is 30.1 Å². The summed E-state index contributed by atoms with van der Waals surface area (Å²) in [5.41, 5.74) is 2.44. The van der Waals surface area contributed by atoms with E-state index in [1.165, 1.54) is 4.68 Å². The molecule has 182 valence electrons. The van der Waals surface area contributed by atoms with Gasteiger partial charge in [-0.2, -0.15) is 0 Å². The molecule has 3 heterocycles. The van der Waals surface area contributed by atoms with Gasteiger partial charge in [0.25, 0.3) is 5.56 Å². The lowest BCUT2D eigenvalue weighted by atomic mass is 10.1. The van der Waals surface area contributed by atoms with Gasteiger partial charge in [-0.05, 0) is 60.6 Å². The number of ether oxygens (including phenoxy) is 2. The Kier molecular flexibility index (Phi) is 7.69. The van der Waals surface area contributed by atoms with Crippen LogP contribution in [0, 0.1) is 6.92 Å². The number of para-hydroxylation sites is 1. The highest BCUT2D eigenvalue weighted by Gasteiger charge is 2.30. The highest BCUT2D eigenvalue weighted by Crippen LogP contribution is 2.27. The summed E-state index contributed by atoms with van der Waals surface area (Å²) in [5, 5.41) is 13.1. The van der Waals surface area contributed by atoms with Crippen LogP contribution < -0.4 is 5.56 Å². The molecule has 34 heavy (non-hydrogen) atoms. The minimum Gasteiger partial charge on any atom is -0.465 e. The monoisotopic (exact) mass is 468 g/mol. The maximum absolute atomic E-state index is 13.0. The number of aryl methyl sites for hydroxylation is 1. The fourth-order valence-corrected chi connectivity index (χ4v) is 4.61. The van der Waals surface area contributed by atoms with Crippen LogP contribution in [0.5, 0.6) is 0 Å². The number of pyridine rings is 1. The molecule has 0 amide bonds. The Morgan fingerprint density at radius 3 is 2.97 bits per heavy atom. The normalized spacial score (nSPS) is 16.9. The SMILES string of the molecule is CCOC(=O)Cn1nnnc1[C@H](CC)N(Cc1cc2cccc(C)c2[nH]c1=O)C[C@H]1CCCO1. The summed E-state index contributed by atoms with van der Waals surface area (Å²) in [6.07, 6.45) is 2.76. The van der Waals surface area contributed by atoms with Crippen molar-refractivity contribution in [2.75, 3.05) is 19.8 Å². The van der Waals surface area contributed by atoms with E-state index in [-0.39, 0.29) is 24.2 Å². The summed E-state index contributed by atoms with van der Waals surface area (Å²) < 4.78 is 12.5. The van der Waals surface area contributed by atoms with Crippen molar-refractivity contribution in [3.05, 3.63) is 51.6 Å². The molecule has 2 aromatic heterocycles. The molecular formula is C24H32N6O4. The second kappa shape index (κ2) is 10.9. The largest absolute Gasteiger partial charge is 0.465 e. The van der Waals surface area contributed by atoms with Crippen molar-refractivity contribution in [2.24, 2.45) is 0 Å². The average Bonchev–Trinajstić information content (AvgIpc) is 3.48. The summed E-state index contributed by atoms with van der Waals surface area (Å²) >= 11 is 0. The number of carbonyl (C=O) groups excluding carboxylic acids is 1. The van der Waals surface area contributed by atoms with E-state index in [0.717, 1.165) is 35.9 Å². The number of rotatable bonds is 10. The first kappa shape index (κ1) is 24.0. The second-order valence-electron chi connectivity index (χ2n) is 8.65. The molecule has 1 aliphatic heterocycles. The predicted octanol–water partition coefficient (Wildman–Crippen LogP) is 2.52. The highest BCUT2D eigenvalue weighted by molar-refractivity contribution is 5.81. The zero-order chi connectivity index (χ0) is 24.1. The van der Waals surface area contributed by atoms with E-state index < -0.39 is 5.97 Å². The third-order valence-corrected chi connectivity index (χ3v) is 6.27. The number of esters is 1. The van der Waals surface area contributed by atoms with Crippen LogP contribution in [0.15, 0.2) is 29.1 Å². The molecule has 1 fully saturated rings. The van der Waals surface area contributed by atoms with Crippen LogP contribution in [-0.2, 0) is 27.4 Å². The molecule has 1 saturated heterocycles. The first-order chi connectivity index (χ1) is 16.5. The quantitative estimate of drug-likeness (QED) is 0.451. The van der Waals surface area contributed by atoms with Crippen LogP contribution >= 0.6 is 0 Å². The van der Waals surface area contributed by atoms with E-state index in [9.17, 15) is 9.59 Å². The lowest BCUT2D eigenvalue weighted by Gasteiger charge is -2.32. The average molecular weight is 469 g/mol. The smallest absolute Gasteiger partial charge is 0.327 e. The number of nitrogens with one attached hydrogen (secondary N) is 1. The van der Waals surface area contributed by atoms with Gasteiger partial charge < -0.3 is 14.5 Å². The Hall–Kier alpha value is -3.11. The maximum Gasteiger partial charge on any atom is 0.327 e. The predicted molar refractivity (Wildman–Crippen MR) is 126 cm³/mol. The molecule has 0 bridgehead atoms. The Labute approximate surface area is 198 Å². The number of fused-ring (bicyclic) bond motifs is 1. The van der Waals surface area contributed by atoms with E-state index in [2.05, 4.69) is 25.4 Å². The standard InChI is InChI=1S/C24H32N6O4/c1-4-20(23-26-27-28-30(23)15-21(31)33-5-2)29(14-19-10-7-11-34-19)13-18-12-17-9-6-8-16(3)22(17)25-24(18)32/h6,8-9,12,19-20H,4-5,7,10-11,13-15H2,1-3H3,(H,25,32)/t19-,20+/m1/s1. The molecule has 1 aliphatic rings. The van der Waals surface area contributed by atoms with Gasteiger partial charge in [-0.1, -0.05) is 25.1 Å².